The van der Waals surface area contributed by atoms with E-state index in [0.717, 1.165) is 30.1 Å². The Balaban J connectivity index is 1.34. The van der Waals surface area contributed by atoms with Gasteiger partial charge >= 0.3 is 0 Å². The monoisotopic (exact) mass is 317 g/mol. The van der Waals surface area contributed by atoms with E-state index in [-0.39, 0.29) is 5.91 Å². The zero-order valence-electron chi connectivity index (χ0n) is 12.3. The molecular weight excluding hydrogens is 298 g/mol. The Bertz CT molecular complexity index is 582. The van der Waals surface area contributed by atoms with Crippen LogP contribution in [0, 0.1) is 5.92 Å². The molecule has 1 N–H and O–H groups in total. The Morgan fingerprint density at radius 3 is 2.77 bits per heavy atom. The van der Waals surface area contributed by atoms with Gasteiger partial charge in [-0.15, -0.1) is 0 Å². The standard InChI is InChI=1S/C16H19N3O2S/c20-16(17-15-11-18-8-6-13(15)10-18)12-2-4-14(5-3-12)22-19-7-1-9-21-19/h1-5,9,13,15H,6-8,10-11H2,(H,17,20)/t13-,15?/m0/s1. The summed E-state index contributed by atoms with van der Waals surface area (Å²) in [5.74, 6) is 0.674. The highest BCUT2D eigenvalue weighted by Crippen LogP contribution is 2.28. The van der Waals surface area contributed by atoms with Gasteiger partial charge in [0.05, 0.1) is 6.54 Å². The second-order valence-electron chi connectivity index (χ2n) is 6.00. The van der Waals surface area contributed by atoms with Crippen molar-refractivity contribution in [2.45, 2.75) is 17.4 Å². The smallest absolute Gasteiger partial charge is 0.251 e. The van der Waals surface area contributed by atoms with Gasteiger partial charge in [-0.1, -0.05) is 4.47 Å². The summed E-state index contributed by atoms with van der Waals surface area (Å²) in [6, 6.07) is 8.01. The lowest BCUT2D eigenvalue weighted by atomic mass is 9.99. The second-order valence-corrected chi connectivity index (χ2v) is 7.06. The maximum absolute atomic E-state index is 12.4. The number of carbonyl (C=O) groups is 1. The lowest BCUT2D eigenvalue weighted by Crippen LogP contribution is -2.43. The van der Waals surface area contributed by atoms with Gasteiger partial charge in [0.15, 0.2) is 0 Å². The summed E-state index contributed by atoms with van der Waals surface area (Å²) in [5.41, 5.74) is 0.725. The van der Waals surface area contributed by atoms with Gasteiger partial charge in [-0.2, -0.15) is 0 Å². The molecule has 1 amide bonds. The summed E-state index contributed by atoms with van der Waals surface area (Å²) < 4.78 is 1.79. The van der Waals surface area contributed by atoms with Crippen LogP contribution in [0.25, 0.3) is 0 Å². The Labute approximate surface area is 134 Å². The molecule has 5 nitrogen and oxygen atoms in total. The fourth-order valence-corrected chi connectivity index (χ4v) is 4.07. The molecule has 2 bridgehead atoms. The van der Waals surface area contributed by atoms with Crippen LogP contribution in [0.2, 0.25) is 0 Å². The van der Waals surface area contributed by atoms with Crippen LogP contribution < -0.4 is 5.32 Å². The first-order valence-electron chi connectivity index (χ1n) is 7.68. The molecule has 0 radical (unpaired) electrons. The average molecular weight is 317 g/mol. The van der Waals surface area contributed by atoms with E-state index in [1.165, 1.54) is 24.9 Å². The minimum Gasteiger partial charge on any atom is -0.403 e. The third kappa shape index (κ3) is 2.86. The van der Waals surface area contributed by atoms with E-state index in [2.05, 4.69) is 10.2 Å². The van der Waals surface area contributed by atoms with Gasteiger partial charge in [0, 0.05) is 29.6 Å². The van der Waals surface area contributed by atoms with Crippen LogP contribution in [-0.2, 0) is 4.84 Å². The molecule has 0 aromatic heterocycles. The molecule has 3 aliphatic rings. The third-order valence-corrected chi connectivity index (χ3v) is 5.42. The normalized spacial score (nSPS) is 29.7. The third-order valence-electron chi connectivity index (χ3n) is 4.50. The van der Waals surface area contributed by atoms with Crippen molar-refractivity contribution in [3.63, 3.8) is 0 Å². The van der Waals surface area contributed by atoms with Crippen molar-refractivity contribution >= 4 is 17.9 Å². The minimum absolute atomic E-state index is 0.0365. The molecule has 6 heteroatoms. The lowest BCUT2D eigenvalue weighted by Gasteiger charge is -2.23. The number of hydrogen-bond donors (Lipinski definition) is 1. The SMILES string of the molecule is O=C(NC1CN2CC[C@H]1C2)c1ccc(SN2CC=CO2)cc1. The summed E-state index contributed by atoms with van der Waals surface area (Å²) in [5, 5.41) is 3.19. The minimum atomic E-state index is 0.0365. The Kier molecular flexibility index (Phi) is 3.82. The molecule has 3 heterocycles. The largest absolute Gasteiger partial charge is 0.403 e. The van der Waals surface area contributed by atoms with Crippen LogP contribution in [0.5, 0.6) is 0 Å². The summed E-state index contributed by atoms with van der Waals surface area (Å²) in [4.78, 5) is 21.1. The molecular formula is C16H19N3O2S. The maximum Gasteiger partial charge on any atom is 0.251 e. The lowest BCUT2D eigenvalue weighted by molar-refractivity contribution is 0.0290. The van der Waals surface area contributed by atoms with E-state index in [1.54, 1.807) is 10.7 Å². The number of nitrogens with one attached hydrogen (secondary N) is 1. The first-order chi connectivity index (χ1) is 10.8. The van der Waals surface area contributed by atoms with Crippen LogP contribution in [0.15, 0.2) is 41.5 Å². The van der Waals surface area contributed by atoms with Crippen molar-refractivity contribution in [3.05, 3.63) is 42.2 Å². The average Bonchev–Trinajstić information content (AvgIpc) is 3.25. The molecule has 116 valence electrons. The zero-order valence-corrected chi connectivity index (χ0v) is 13.1. The number of piperidine rings is 1. The van der Waals surface area contributed by atoms with Crippen molar-refractivity contribution in [1.82, 2.24) is 14.7 Å². The Morgan fingerprint density at radius 2 is 2.14 bits per heavy atom. The first-order valence-corrected chi connectivity index (χ1v) is 8.46. The molecule has 2 saturated heterocycles. The fourth-order valence-electron chi connectivity index (χ4n) is 3.33. The number of fused-ring (bicyclic) bond motifs is 2. The highest BCUT2D eigenvalue weighted by Gasteiger charge is 2.38. The van der Waals surface area contributed by atoms with E-state index < -0.39 is 0 Å². The van der Waals surface area contributed by atoms with Gasteiger partial charge in [0.2, 0.25) is 0 Å². The molecule has 0 spiro atoms. The van der Waals surface area contributed by atoms with Gasteiger partial charge in [-0.25, -0.2) is 0 Å². The van der Waals surface area contributed by atoms with Crippen LogP contribution in [-0.4, -0.2) is 47.5 Å². The number of nitrogens with zero attached hydrogens (tertiary/aromatic N) is 2. The number of amides is 1. The number of hydroxylamine groups is 1. The van der Waals surface area contributed by atoms with E-state index in [0.29, 0.717) is 12.0 Å². The van der Waals surface area contributed by atoms with Gasteiger partial charge in [0.25, 0.3) is 5.91 Å². The van der Waals surface area contributed by atoms with Crippen LogP contribution in [0.4, 0.5) is 0 Å². The molecule has 22 heavy (non-hydrogen) atoms. The van der Waals surface area contributed by atoms with Crippen LogP contribution in [0.1, 0.15) is 16.8 Å². The van der Waals surface area contributed by atoms with Gasteiger partial charge < -0.3 is 15.1 Å². The molecule has 3 aliphatic heterocycles. The molecule has 3 atom stereocenters. The molecule has 2 fully saturated rings. The van der Waals surface area contributed by atoms with E-state index in [4.69, 9.17) is 4.84 Å². The fraction of sp³-hybridized carbons (Fsp3) is 0.438. The Morgan fingerprint density at radius 1 is 1.27 bits per heavy atom. The van der Waals surface area contributed by atoms with Gasteiger partial charge in [-0.05, 0) is 61.2 Å². The van der Waals surface area contributed by atoms with Crippen molar-refractivity contribution in [1.29, 1.82) is 0 Å². The maximum atomic E-state index is 12.4. The molecule has 0 saturated carbocycles. The number of hydrogen-bond acceptors (Lipinski definition) is 5. The molecule has 0 aliphatic carbocycles. The van der Waals surface area contributed by atoms with E-state index >= 15 is 0 Å². The van der Waals surface area contributed by atoms with Crippen molar-refractivity contribution in [3.8, 4) is 0 Å². The number of carbonyl (C=O) groups excluding carboxylic acids is 1. The van der Waals surface area contributed by atoms with Crippen molar-refractivity contribution < 1.29 is 9.63 Å². The summed E-state index contributed by atoms with van der Waals surface area (Å²) in [6.07, 6.45) is 4.85. The predicted octanol–water partition coefficient (Wildman–Crippen LogP) is 1.89. The summed E-state index contributed by atoms with van der Waals surface area (Å²) in [7, 11) is 0. The number of rotatable bonds is 4. The van der Waals surface area contributed by atoms with Crippen LogP contribution in [0.3, 0.4) is 0 Å². The van der Waals surface area contributed by atoms with Gasteiger partial charge in [0.1, 0.15) is 6.26 Å². The molecule has 2 unspecified atom stereocenters. The van der Waals surface area contributed by atoms with Gasteiger partial charge in [-0.3, -0.25) is 4.79 Å². The van der Waals surface area contributed by atoms with Crippen molar-refractivity contribution in [2.75, 3.05) is 26.2 Å². The quantitative estimate of drug-likeness (QED) is 0.859. The second kappa shape index (κ2) is 5.95. The Hall–Kier alpha value is -1.50. The predicted molar refractivity (Wildman–Crippen MR) is 85.0 cm³/mol. The molecule has 4 rings (SSSR count). The number of benzene rings is 1. The van der Waals surface area contributed by atoms with Crippen LogP contribution >= 0.6 is 11.9 Å². The summed E-state index contributed by atoms with van der Waals surface area (Å²) in [6.45, 7) is 4.11. The highest BCUT2D eigenvalue weighted by molar-refractivity contribution is 7.97. The molecule has 1 aromatic carbocycles. The molecule has 1 aromatic rings. The topological polar surface area (TPSA) is 44.8 Å². The van der Waals surface area contributed by atoms with Crippen molar-refractivity contribution in [2.24, 2.45) is 5.92 Å². The summed E-state index contributed by atoms with van der Waals surface area (Å²) >= 11 is 1.52. The zero-order chi connectivity index (χ0) is 14.9. The highest BCUT2D eigenvalue weighted by atomic mass is 32.2. The van der Waals surface area contributed by atoms with E-state index in [1.807, 2.05) is 30.3 Å². The first kappa shape index (κ1) is 14.1. The van der Waals surface area contributed by atoms with E-state index in [9.17, 15) is 4.79 Å².